The molecular formula is C18H17Cl2N3O. The van der Waals surface area contributed by atoms with Gasteiger partial charge in [0.2, 0.25) is 0 Å². The predicted molar refractivity (Wildman–Crippen MR) is 93.5 cm³/mol. The van der Waals surface area contributed by atoms with Crippen molar-refractivity contribution in [3.8, 4) is 6.07 Å². The molecule has 1 N–H and O–H groups in total. The van der Waals surface area contributed by atoms with Gasteiger partial charge in [0.15, 0.2) is 5.78 Å². The number of carbonyl (C=O) groups is 1. The summed E-state index contributed by atoms with van der Waals surface area (Å²) in [4.78, 5) is 16.9. The molecule has 0 spiro atoms. The zero-order valence-electron chi connectivity index (χ0n) is 13.7. The fourth-order valence-electron chi connectivity index (χ4n) is 3.53. The van der Waals surface area contributed by atoms with Crippen molar-refractivity contribution < 1.29 is 4.79 Å². The number of hydrogen-bond donors (Lipinski definition) is 1. The molecule has 1 unspecified atom stereocenters. The van der Waals surface area contributed by atoms with Gasteiger partial charge in [0.1, 0.15) is 10.3 Å². The summed E-state index contributed by atoms with van der Waals surface area (Å²) in [7, 11) is 0. The van der Waals surface area contributed by atoms with Gasteiger partial charge in [-0.3, -0.25) is 4.79 Å². The molecule has 0 amide bonds. The standard InChI is InChI=1S/C18H17Cl2N3O/c1-9-11(8-21)15(10-4-5-14(19)23-17(10)20)16-12(22-9)6-18(2,3)7-13(16)24/h4-5,15,22H,6-7H2,1-3H3. The molecule has 1 aliphatic carbocycles. The number of nitriles is 1. The summed E-state index contributed by atoms with van der Waals surface area (Å²) in [5.74, 6) is -0.447. The molecular weight excluding hydrogens is 345 g/mol. The van der Waals surface area contributed by atoms with E-state index in [-0.39, 0.29) is 21.5 Å². The third kappa shape index (κ3) is 2.83. The Morgan fingerprint density at radius 3 is 2.67 bits per heavy atom. The van der Waals surface area contributed by atoms with Gasteiger partial charge in [0.05, 0.1) is 17.6 Å². The minimum absolute atomic E-state index is 0.0463. The molecule has 1 aromatic heterocycles. The van der Waals surface area contributed by atoms with Crippen molar-refractivity contribution in [1.82, 2.24) is 10.3 Å². The molecule has 3 rings (SSSR count). The second-order valence-corrected chi connectivity index (χ2v) is 7.80. The van der Waals surface area contributed by atoms with Crippen molar-refractivity contribution in [3.05, 3.63) is 50.5 Å². The molecule has 1 aromatic rings. The lowest BCUT2D eigenvalue weighted by molar-refractivity contribution is -0.118. The number of aromatic nitrogens is 1. The Balaban J connectivity index is 2.22. The number of allylic oxidation sites excluding steroid dienone is 4. The van der Waals surface area contributed by atoms with Gasteiger partial charge in [-0.15, -0.1) is 0 Å². The molecule has 124 valence electrons. The fraction of sp³-hybridized carbons (Fsp3) is 0.389. The third-order valence-corrected chi connectivity index (χ3v) is 5.03. The number of ketones is 1. The van der Waals surface area contributed by atoms with E-state index in [4.69, 9.17) is 23.2 Å². The van der Waals surface area contributed by atoms with Crippen LogP contribution in [0.15, 0.2) is 34.7 Å². The quantitative estimate of drug-likeness (QED) is 0.746. The predicted octanol–water partition coefficient (Wildman–Crippen LogP) is 4.52. The Hall–Kier alpha value is -1.83. The number of pyridine rings is 1. The molecule has 0 saturated carbocycles. The van der Waals surface area contributed by atoms with Crippen LogP contribution in [0.3, 0.4) is 0 Å². The first-order valence-electron chi connectivity index (χ1n) is 7.69. The molecule has 24 heavy (non-hydrogen) atoms. The molecule has 0 radical (unpaired) electrons. The summed E-state index contributed by atoms with van der Waals surface area (Å²) in [5.41, 5.74) is 3.27. The molecule has 0 fully saturated rings. The second-order valence-electron chi connectivity index (χ2n) is 7.06. The number of carbonyl (C=O) groups excluding carboxylic acids is 1. The summed E-state index contributed by atoms with van der Waals surface area (Å²) < 4.78 is 0. The Morgan fingerprint density at radius 2 is 2.04 bits per heavy atom. The van der Waals surface area contributed by atoms with Gasteiger partial charge in [0.25, 0.3) is 0 Å². The van der Waals surface area contributed by atoms with E-state index in [1.807, 2.05) is 6.92 Å². The molecule has 6 heteroatoms. The number of nitrogens with one attached hydrogen (secondary N) is 1. The largest absolute Gasteiger partial charge is 0.361 e. The maximum atomic E-state index is 12.9. The number of Topliss-reactive ketones (excluding diaryl/α,β-unsaturated/α-hetero) is 1. The number of halogens is 2. The molecule has 0 bridgehead atoms. The van der Waals surface area contributed by atoms with Crippen LogP contribution in [0, 0.1) is 16.7 Å². The van der Waals surface area contributed by atoms with Gasteiger partial charge in [-0.25, -0.2) is 4.98 Å². The molecule has 2 aliphatic rings. The Morgan fingerprint density at radius 1 is 1.33 bits per heavy atom. The molecule has 0 saturated heterocycles. The normalized spacial score (nSPS) is 22.8. The van der Waals surface area contributed by atoms with Gasteiger partial charge in [0, 0.05) is 29.0 Å². The lowest BCUT2D eigenvalue weighted by Crippen LogP contribution is -2.37. The first-order valence-corrected chi connectivity index (χ1v) is 8.45. The summed E-state index contributed by atoms with van der Waals surface area (Å²) in [5, 5.41) is 13.4. The SMILES string of the molecule is CC1=C(C#N)C(c2ccc(Cl)nc2Cl)C2=C(CC(C)(C)CC2=O)N1. The van der Waals surface area contributed by atoms with E-state index in [1.54, 1.807) is 12.1 Å². The van der Waals surface area contributed by atoms with Crippen LogP contribution < -0.4 is 5.32 Å². The highest BCUT2D eigenvalue weighted by Gasteiger charge is 2.41. The molecule has 1 atom stereocenters. The van der Waals surface area contributed by atoms with Crippen molar-refractivity contribution in [2.75, 3.05) is 0 Å². The number of rotatable bonds is 1. The topological polar surface area (TPSA) is 65.8 Å². The zero-order chi connectivity index (χ0) is 17.6. The minimum Gasteiger partial charge on any atom is -0.361 e. The highest BCUT2D eigenvalue weighted by molar-refractivity contribution is 6.33. The lowest BCUT2D eigenvalue weighted by Gasteiger charge is -2.38. The number of hydrogen-bond acceptors (Lipinski definition) is 4. The average molecular weight is 362 g/mol. The second kappa shape index (κ2) is 5.91. The average Bonchev–Trinajstić information content (AvgIpc) is 2.44. The summed E-state index contributed by atoms with van der Waals surface area (Å²) in [6.45, 7) is 5.99. The van der Waals surface area contributed by atoms with Gasteiger partial charge in [-0.2, -0.15) is 5.26 Å². The first-order chi connectivity index (χ1) is 11.2. The minimum atomic E-state index is -0.493. The van der Waals surface area contributed by atoms with Crippen LogP contribution in [-0.2, 0) is 4.79 Å². The summed E-state index contributed by atoms with van der Waals surface area (Å²) >= 11 is 12.2. The van der Waals surface area contributed by atoms with Crippen LogP contribution >= 0.6 is 23.2 Å². The fourth-order valence-corrected chi connectivity index (χ4v) is 3.99. The number of dihydropyridines is 1. The Labute approximate surface area is 151 Å². The van der Waals surface area contributed by atoms with Crippen molar-refractivity contribution in [1.29, 1.82) is 5.26 Å². The lowest BCUT2D eigenvalue weighted by atomic mass is 9.69. The smallest absolute Gasteiger partial charge is 0.162 e. The molecule has 2 heterocycles. The van der Waals surface area contributed by atoms with Crippen LogP contribution in [0.1, 0.15) is 45.1 Å². The van der Waals surface area contributed by atoms with Crippen LogP contribution in [0.4, 0.5) is 0 Å². The van der Waals surface area contributed by atoms with E-state index in [9.17, 15) is 10.1 Å². The Bertz CT molecular complexity index is 846. The van der Waals surface area contributed by atoms with Crippen LogP contribution in [-0.4, -0.2) is 10.8 Å². The number of nitrogens with zero attached hydrogens (tertiary/aromatic N) is 2. The third-order valence-electron chi connectivity index (χ3n) is 4.51. The summed E-state index contributed by atoms with van der Waals surface area (Å²) in [6, 6.07) is 5.61. The van der Waals surface area contributed by atoms with Crippen LogP contribution in [0.5, 0.6) is 0 Å². The maximum absolute atomic E-state index is 12.9. The monoisotopic (exact) mass is 361 g/mol. The maximum Gasteiger partial charge on any atom is 0.162 e. The van der Waals surface area contributed by atoms with E-state index in [0.717, 1.165) is 17.8 Å². The van der Waals surface area contributed by atoms with Crippen LogP contribution in [0.2, 0.25) is 10.3 Å². The molecule has 0 aromatic carbocycles. The highest BCUT2D eigenvalue weighted by atomic mass is 35.5. The van der Waals surface area contributed by atoms with E-state index in [1.165, 1.54) is 0 Å². The van der Waals surface area contributed by atoms with E-state index in [0.29, 0.717) is 23.1 Å². The van der Waals surface area contributed by atoms with Gasteiger partial charge >= 0.3 is 0 Å². The zero-order valence-corrected chi connectivity index (χ0v) is 15.2. The molecule has 4 nitrogen and oxygen atoms in total. The van der Waals surface area contributed by atoms with E-state index < -0.39 is 5.92 Å². The van der Waals surface area contributed by atoms with Gasteiger partial charge in [-0.05, 0) is 24.8 Å². The van der Waals surface area contributed by atoms with Crippen molar-refractivity contribution in [2.24, 2.45) is 5.41 Å². The highest BCUT2D eigenvalue weighted by Crippen LogP contribution is 2.47. The van der Waals surface area contributed by atoms with Crippen molar-refractivity contribution in [2.45, 2.75) is 39.5 Å². The van der Waals surface area contributed by atoms with E-state index in [2.05, 4.69) is 30.2 Å². The first kappa shape index (κ1) is 17.0. The van der Waals surface area contributed by atoms with Crippen LogP contribution in [0.25, 0.3) is 0 Å². The Kier molecular flexibility index (Phi) is 4.19. The van der Waals surface area contributed by atoms with Crippen molar-refractivity contribution >= 4 is 29.0 Å². The molecule has 1 aliphatic heterocycles. The van der Waals surface area contributed by atoms with Gasteiger partial charge < -0.3 is 5.32 Å². The summed E-state index contributed by atoms with van der Waals surface area (Å²) in [6.07, 6.45) is 1.19. The van der Waals surface area contributed by atoms with Gasteiger partial charge in [-0.1, -0.05) is 43.1 Å². The van der Waals surface area contributed by atoms with Crippen molar-refractivity contribution in [3.63, 3.8) is 0 Å². The van der Waals surface area contributed by atoms with E-state index >= 15 is 0 Å².